The van der Waals surface area contributed by atoms with E-state index in [2.05, 4.69) is 11.4 Å². The number of carbonyl (C=O) groups is 1. The Hall–Kier alpha value is -3.84. The van der Waals surface area contributed by atoms with Gasteiger partial charge in [0.25, 0.3) is 5.91 Å². The summed E-state index contributed by atoms with van der Waals surface area (Å²) in [5.41, 5.74) is 2.28. The van der Waals surface area contributed by atoms with Gasteiger partial charge < -0.3 is 10.2 Å². The molecule has 42 heavy (non-hydrogen) atoms. The summed E-state index contributed by atoms with van der Waals surface area (Å²) >= 11 is 0. The molecule has 2 saturated carbocycles. The Labute approximate surface area is 244 Å². The molecule has 220 valence electrons. The van der Waals surface area contributed by atoms with Crippen molar-refractivity contribution in [2.24, 2.45) is 0 Å². The van der Waals surface area contributed by atoms with Gasteiger partial charge >= 0.3 is 6.18 Å². The Balaban J connectivity index is 1.43. The van der Waals surface area contributed by atoms with Gasteiger partial charge in [-0.25, -0.2) is 8.42 Å². The Morgan fingerprint density at radius 2 is 1.60 bits per heavy atom. The Kier molecular flexibility index (Phi) is 8.08. The Bertz CT molecular complexity index is 1610. The van der Waals surface area contributed by atoms with Gasteiger partial charge in [0.1, 0.15) is 0 Å². The van der Waals surface area contributed by atoms with Crippen molar-refractivity contribution < 1.29 is 26.4 Å². The lowest BCUT2D eigenvalue weighted by Crippen LogP contribution is -2.29. The van der Waals surface area contributed by atoms with Gasteiger partial charge in [0, 0.05) is 18.3 Å². The number of rotatable bonds is 10. The smallest absolute Gasteiger partial charge is 0.344 e. The van der Waals surface area contributed by atoms with E-state index < -0.39 is 33.5 Å². The molecule has 0 saturated heterocycles. The lowest BCUT2D eigenvalue weighted by molar-refractivity contribution is -0.137. The molecule has 0 aliphatic heterocycles. The number of hydrogen-bond donors (Lipinski definition) is 1. The monoisotopic (exact) mass is 595 g/mol. The van der Waals surface area contributed by atoms with Crippen LogP contribution in [0.25, 0.3) is 0 Å². The molecule has 1 amide bonds. The summed E-state index contributed by atoms with van der Waals surface area (Å²) in [6.45, 7) is 1.52. The molecule has 2 aliphatic carbocycles. The highest BCUT2D eigenvalue weighted by atomic mass is 32.2. The lowest BCUT2D eigenvalue weighted by atomic mass is 10.0. The highest BCUT2D eigenvalue weighted by molar-refractivity contribution is 7.91. The zero-order valence-corrected chi connectivity index (χ0v) is 24.2. The van der Waals surface area contributed by atoms with E-state index in [0.29, 0.717) is 23.1 Å². The van der Waals surface area contributed by atoms with Crippen LogP contribution in [0.15, 0.2) is 65.6 Å². The standard InChI is InChI=1S/C32H32F3N3O3S/c1-3-42(40,41)27-11-8-22(9-12-27)29(14-15-36)37-31(39)23-10-13-30(28(19-23)32(33,34)35)38(2)26-17-24(20-4-5-20)16-25(18-26)21-6-7-21/h8-13,16-21,29H,3-7,14H2,1-2H3,(H,37,39)/t29-/m0/s1. The van der Waals surface area contributed by atoms with Crippen LogP contribution in [-0.2, 0) is 16.0 Å². The fourth-order valence-electron chi connectivity index (χ4n) is 5.15. The number of halogens is 3. The molecular formula is C32H32F3N3O3S. The molecule has 5 rings (SSSR count). The third-order valence-corrected chi connectivity index (χ3v) is 9.75. The average molecular weight is 596 g/mol. The molecule has 0 heterocycles. The number of sulfone groups is 1. The van der Waals surface area contributed by atoms with Crippen LogP contribution in [0.1, 0.15) is 89.5 Å². The van der Waals surface area contributed by atoms with Crippen molar-refractivity contribution in [3.63, 3.8) is 0 Å². The normalized spacial score (nSPS) is 16.0. The quantitative estimate of drug-likeness (QED) is 0.264. The van der Waals surface area contributed by atoms with Crippen LogP contribution in [0.3, 0.4) is 0 Å². The highest BCUT2D eigenvalue weighted by Crippen LogP contribution is 2.47. The molecule has 0 aromatic heterocycles. The maximum Gasteiger partial charge on any atom is 0.418 e. The zero-order valence-electron chi connectivity index (χ0n) is 23.4. The number of carbonyl (C=O) groups excluding carboxylic acids is 1. The number of nitriles is 1. The first-order valence-corrected chi connectivity index (χ1v) is 15.7. The van der Waals surface area contributed by atoms with E-state index in [1.54, 1.807) is 7.05 Å². The summed E-state index contributed by atoms with van der Waals surface area (Å²) in [5, 5.41) is 12.0. The fraction of sp³-hybridized carbons (Fsp3) is 0.375. The molecule has 0 spiro atoms. The molecule has 3 aromatic carbocycles. The number of benzene rings is 3. The van der Waals surface area contributed by atoms with Crippen molar-refractivity contribution in [2.75, 3.05) is 17.7 Å². The maximum absolute atomic E-state index is 14.4. The van der Waals surface area contributed by atoms with Gasteiger partial charge in [-0.1, -0.05) is 25.1 Å². The van der Waals surface area contributed by atoms with E-state index >= 15 is 0 Å². The third kappa shape index (κ3) is 6.46. The van der Waals surface area contributed by atoms with Crippen LogP contribution in [0.5, 0.6) is 0 Å². The lowest BCUT2D eigenvalue weighted by Gasteiger charge is -2.26. The van der Waals surface area contributed by atoms with E-state index in [-0.39, 0.29) is 28.3 Å². The largest absolute Gasteiger partial charge is 0.418 e. The first-order chi connectivity index (χ1) is 19.9. The van der Waals surface area contributed by atoms with Crippen LogP contribution < -0.4 is 10.2 Å². The van der Waals surface area contributed by atoms with E-state index in [0.717, 1.165) is 42.9 Å². The molecule has 1 atom stereocenters. The van der Waals surface area contributed by atoms with Crippen molar-refractivity contribution in [3.8, 4) is 6.07 Å². The van der Waals surface area contributed by atoms with Gasteiger partial charge in [-0.2, -0.15) is 18.4 Å². The minimum Gasteiger partial charge on any atom is -0.344 e. The number of hydrogen-bond acceptors (Lipinski definition) is 5. The van der Waals surface area contributed by atoms with Crippen LogP contribution in [0.2, 0.25) is 0 Å². The van der Waals surface area contributed by atoms with Crippen LogP contribution in [0, 0.1) is 11.3 Å². The topological polar surface area (TPSA) is 90.3 Å². The molecule has 2 aliphatic rings. The van der Waals surface area contributed by atoms with Crippen molar-refractivity contribution in [2.45, 2.75) is 68.0 Å². The number of nitrogens with one attached hydrogen (secondary N) is 1. The minimum absolute atomic E-state index is 0.0601. The second-order valence-corrected chi connectivity index (χ2v) is 13.3. The summed E-state index contributed by atoms with van der Waals surface area (Å²) in [7, 11) is -1.83. The number of nitrogens with zero attached hydrogens (tertiary/aromatic N) is 2. The first-order valence-electron chi connectivity index (χ1n) is 14.0. The van der Waals surface area contributed by atoms with Gasteiger partial charge in [0.05, 0.1) is 40.4 Å². The third-order valence-electron chi connectivity index (χ3n) is 8.00. The number of alkyl halides is 3. The molecule has 10 heteroatoms. The number of anilines is 2. The summed E-state index contributed by atoms with van der Waals surface area (Å²) in [6.07, 6.45) is -0.528. The van der Waals surface area contributed by atoms with Crippen LogP contribution in [0.4, 0.5) is 24.5 Å². The summed E-state index contributed by atoms with van der Waals surface area (Å²) in [4.78, 5) is 14.8. The van der Waals surface area contributed by atoms with E-state index in [9.17, 15) is 31.6 Å². The highest BCUT2D eigenvalue weighted by Gasteiger charge is 2.36. The molecule has 0 radical (unpaired) electrons. The van der Waals surface area contributed by atoms with Crippen LogP contribution in [-0.4, -0.2) is 27.1 Å². The number of amides is 1. The average Bonchev–Trinajstić information content (AvgIpc) is 3.89. The van der Waals surface area contributed by atoms with Crippen LogP contribution >= 0.6 is 0 Å². The maximum atomic E-state index is 14.4. The predicted octanol–water partition coefficient (Wildman–Crippen LogP) is 7.41. The molecule has 3 aromatic rings. The van der Waals surface area contributed by atoms with E-state index in [1.807, 2.05) is 18.2 Å². The van der Waals surface area contributed by atoms with E-state index in [4.69, 9.17) is 0 Å². The molecule has 1 N–H and O–H groups in total. The Morgan fingerprint density at radius 3 is 2.10 bits per heavy atom. The first kappa shape index (κ1) is 29.6. The van der Waals surface area contributed by atoms with Crippen molar-refractivity contribution >= 4 is 27.1 Å². The SMILES string of the molecule is CCS(=O)(=O)c1ccc([C@H](CC#N)NC(=O)c2ccc(N(C)c3cc(C4CC4)cc(C4CC4)c3)c(C(F)(F)F)c2)cc1. The molecular weight excluding hydrogens is 563 g/mol. The van der Waals surface area contributed by atoms with Gasteiger partial charge in [-0.3, -0.25) is 4.79 Å². The van der Waals surface area contributed by atoms with Gasteiger partial charge in [-0.15, -0.1) is 0 Å². The molecule has 2 fully saturated rings. The molecule has 0 bridgehead atoms. The predicted molar refractivity (Wildman–Crippen MR) is 155 cm³/mol. The van der Waals surface area contributed by atoms with Gasteiger partial charge in [0.2, 0.25) is 0 Å². The Morgan fingerprint density at radius 1 is 1.00 bits per heavy atom. The van der Waals surface area contributed by atoms with Crippen molar-refractivity contribution in [1.82, 2.24) is 5.32 Å². The second-order valence-electron chi connectivity index (χ2n) is 11.1. The fourth-order valence-corrected chi connectivity index (χ4v) is 6.04. The summed E-state index contributed by atoms with van der Waals surface area (Å²) < 4.78 is 67.4. The van der Waals surface area contributed by atoms with Crippen molar-refractivity contribution in [1.29, 1.82) is 5.26 Å². The van der Waals surface area contributed by atoms with Gasteiger partial charge in [-0.05, 0) is 96.7 Å². The summed E-state index contributed by atoms with van der Waals surface area (Å²) in [6, 6.07) is 16.5. The molecule has 0 unspecified atom stereocenters. The van der Waals surface area contributed by atoms with Crippen molar-refractivity contribution in [3.05, 3.63) is 88.5 Å². The summed E-state index contributed by atoms with van der Waals surface area (Å²) in [5.74, 6) is 0.0626. The molecule has 6 nitrogen and oxygen atoms in total. The minimum atomic E-state index is -4.72. The van der Waals surface area contributed by atoms with E-state index in [1.165, 1.54) is 48.2 Å². The zero-order chi connectivity index (χ0) is 30.2. The second kappa shape index (κ2) is 11.4. The van der Waals surface area contributed by atoms with Gasteiger partial charge in [0.15, 0.2) is 9.84 Å².